The quantitative estimate of drug-likeness (QED) is 0.172. The molecule has 29 heavy (non-hydrogen) atoms. The number of rotatable bonds is 7. The van der Waals surface area contributed by atoms with Gasteiger partial charge in [0.25, 0.3) is 0 Å². The Morgan fingerprint density at radius 1 is 1.21 bits per heavy atom. The molecule has 0 amide bonds. The molecule has 1 rings (SSSR count). The lowest BCUT2D eigenvalue weighted by Gasteiger charge is -2.04. The molecule has 0 aliphatic heterocycles. The molecule has 3 nitrogen and oxygen atoms in total. The summed E-state index contributed by atoms with van der Waals surface area (Å²) < 4.78 is 0. The van der Waals surface area contributed by atoms with Crippen LogP contribution in [0.1, 0.15) is 65.5 Å². The summed E-state index contributed by atoms with van der Waals surface area (Å²) in [5.74, 6) is 0.629. The highest BCUT2D eigenvalue weighted by Gasteiger charge is 1.96. The van der Waals surface area contributed by atoms with Gasteiger partial charge in [0, 0.05) is 5.69 Å². The van der Waals surface area contributed by atoms with E-state index in [1.807, 2.05) is 45.0 Å². The van der Waals surface area contributed by atoms with Crippen LogP contribution in [0.15, 0.2) is 59.1 Å². The molecule has 0 bridgehead atoms. The number of anilines is 1. The average Bonchev–Trinajstić information content (AvgIpc) is 2.71. The first-order valence-corrected chi connectivity index (χ1v) is 10.3. The van der Waals surface area contributed by atoms with Crippen LogP contribution in [0, 0.1) is 19.8 Å². The van der Waals surface area contributed by atoms with Crippen molar-refractivity contribution in [2.45, 2.75) is 68.2 Å². The number of allylic oxidation sites excluding steroid dienone is 4. The molecule has 0 saturated carbocycles. The molecule has 0 aliphatic carbocycles. The number of nitrogens with zero attached hydrogens (tertiary/aromatic N) is 1. The van der Waals surface area contributed by atoms with Crippen molar-refractivity contribution in [1.29, 1.82) is 0 Å². The average molecular weight is 401 g/mol. The van der Waals surface area contributed by atoms with E-state index in [4.69, 9.17) is 5.73 Å². The van der Waals surface area contributed by atoms with Crippen LogP contribution in [0.2, 0.25) is 0 Å². The number of nitrogen functional groups attached to an aromatic ring is 1. The number of aliphatic imine (C=N–C) groups is 1. The standard InChI is InChI=1S/C11H19N.C8H11N.C5H8O.C2H6/c1-5-6-7-10(2)8-11(3)9-12-4;1-6-3-4-8(9)5-7(6)2;1-3-5(2)4-6;1-2/h5,8,10H,1,4,6-7,9H2,2-3H3;3-5H,9H2,1-2H3;3-4H,1-2H3;1-2H3/b11-8+;;5-3+;. The molecule has 0 aliphatic rings. The third kappa shape index (κ3) is 21.7. The SMILES string of the molecule is C/C=C(\C)C=O.C=CCCC(C)/C=C(\C)CN=C.CC.Cc1ccc(N)cc1C. The minimum atomic E-state index is 0.629. The predicted octanol–water partition coefficient (Wildman–Crippen LogP) is 7.30. The molecule has 1 unspecified atom stereocenters. The first-order chi connectivity index (χ1) is 13.7. The number of carbonyl (C=O) groups excluding carboxylic acids is 1. The molecular weight excluding hydrogens is 356 g/mol. The van der Waals surface area contributed by atoms with Crippen molar-refractivity contribution in [3.63, 3.8) is 0 Å². The zero-order valence-electron chi connectivity index (χ0n) is 20.1. The number of nitrogens with two attached hydrogens (primary N) is 1. The first-order valence-electron chi connectivity index (χ1n) is 10.3. The maximum Gasteiger partial charge on any atom is 0.145 e. The Balaban J connectivity index is -0.000000351. The molecule has 1 atom stereocenters. The van der Waals surface area contributed by atoms with Gasteiger partial charge in [-0.15, -0.1) is 6.58 Å². The molecule has 2 N–H and O–H groups in total. The molecule has 1 aromatic carbocycles. The smallest absolute Gasteiger partial charge is 0.145 e. The van der Waals surface area contributed by atoms with Crippen molar-refractivity contribution in [2.75, 3.05) is 12.3 Å². The minimum absolute atomic E-state index is 0.629. The Bertz CT molecular complexity index is 628. The Kier molecular flexibility index (Phi) is 23.6. The number of hydrogen-bond acceptors (Lipinski definition) is 3. The molecular formula is C26H44N2O. The van der Waals surface area contributed by atoms with Gasteiger partial charge in [-0.25, -0.2) is 0 Å². The van der Waals surface area contributed by atoms with Gasteiger partial charge in [-0.2, -0.15) is 0 Å². The molecule has 0 saturated heterocycles. The lowest BCUT2D eigenvalue weighted by atomic mass is 10.0. The summed E-state index contributed by atoms with van der Waals surface area (Å²) in [6, 6.07) is 5.93. The Labute approximate surface area is 180 Å². The molecule has 0 aromatic heterocycles. The van der Waals surface area contributed by atoms with Crippen LogP contribution in [-0.4, -0.2) is 19.5 Å². The number of aldehydes is 1. The van der Waals surface area contributed by atoms with E-state index in [-0.39, 0.29) is 0 Å². The summed E-state index contributed by atoms with van der Waals surface area (Å²) in [5.41, 5.74) is 11.0. The van der Waals surface area contributed by atoms with E-state index in [9.17, 15) is 4.79 Å². The van der Waals surface area contributed by atoms with Crippen molar-refractivity contribution in [3.05, 3.63) is 65.3 Å². The predicted molar refractivity (Wildman–Crippen MR) is 134 cm³/mol. The van der Waals surface area contributed by atoms with E-state index in [2.05, 4.69) is 52.1 Å². The number of aryl methyl sites for hydroxylation is 2. The Hall–Kier alpha value is -2.42. The third-order valence-corrected chi connectivity index (χ3v) is 3.93. The van der Waals surface area contributed by atoms with Gasteiger partial charge < -0.3 is 5.73 Å². The third-order valence-electron chi connectivity index (χ3n) is 3.93. The molecule has 0 fully saturated rings. The fraction of sp³-hybridized carbons (Fsp3) is 0.462. The lowest BCUT2D eigenvalue weighted by molar-refractivity contribution is -0.104. The summed E-state index contributed by atoms with van der Waals surface area (Å²) in [5, 5.41) is 0. The number of carbonyl (C=O) groups is 1. The van der Waals surface area contributed by atoms with E-state index >= 15 is 0 Å². The summed E-state index contributed by atoms with van der Waals surface area (Å²) in [6.07, 6.45) is 9.10. The molecule has 1 aromatic rings. The van der Waals surface area contributed by atoms with Crippen LogP contribution in [-0.2, 0) is 4.79 Å². The van der Waals surface area contributed by atoms with E-state index in [0.717, 1.165) is 30.5 Å². The molecule has 164 valence electrons. The van der Waals surface area contributed by atoms with E-state index in [0.29, 0.717) is 5.92 Å². The highest BCUT2D eigenvalue weighted by molar-refractivity contribution is 5.71. The van der Waals surface area contributed by atoms with E-state index < -0.39 is 0 Å². The van der Waals surface area contributed by atoms with Crippen LogP contribution in [0.25, 0.3) is 0 Å². The second-order valence-electron chi connectivity index (χ2n) is 6.73. The highest BCUT2D eigenvalue weighted by Crippen LogP contribution is 2.10. The molecule has 3 heteroatoms. The lowest BCUT2D eigenvalue weighted by Crippen LogP contribution is -1.92. The van der Waals surface area contributed by atoms with Crippen molar-refractivity contribution in [2.24, 2.45) is 10.9 Å². The fourth-order valence-corrected chi connectivity index (χ4v) is 2.01. The molecule has 0 radical (unpaired) electrons. The Morgan fingerprint density at radius 2 is 1.79 bits per heavy atom. The van der Waals surface area contributed by atoms with Gasteiger partial charge in [0.2, 0.25) is 0 Å². The summed E-state index contributed by atoms with van der Waals surface area (Å²) >= 11 is 0. The van der Waals surface area contributed by atoms with Gasteiger partial charge in [-0.05, 0) is 88.9 Å². The maximum absolute atomic E-state index is 9.67. The summed E-state index contributed by atoms with van der Waals surface area (Å²) in [6.45, 7) is 24.0. The normalized spacial score (nSPS) is 11.3. The second kappa shape index (κ2) is 21.9. The van der Waals surface area contributed by atoms with Crippen LogP contribution in [0.5, 0.6) is 0 Å². The molecule has 0 spiro atoms. The topological polar surface area (TPSA) is 55.5 Å². The zero-order valence-corrected chi connectivity index (χ0v) is 20.1. The largest absolute Gasteiger partial charge is 0.399 e. The van der Waals surface area contributed by atoms with Crippen LogP contribution in [0.4, 0.5) is 5.69 Å². The van der Waals surface area contributed by atoms with Gasteiger partial charge in [-0.1, -0.05) is 50.6 Å². The van der Waals surface area contributed by atoms with Crippen molar-refractivity contribution < 1.29 is 4.79 Å². The highest BCUT2D eigenvalue weighted by atomic mass is 16.1. The van der Waals surface area contributed by atoms with Gasteiger partial charge in [0.05, 0.1) is 6.54 Å². The van der Waals surface area contributed by atoms with Crippen LogP contribution >= 0.6 is 0 Å². The van der Waals surface area contributed by atoms with Gasteiger partial charge >= 0.3 is 0 Å². The Morgan fingerprint density at radius 3 is 2.14 bits per heavy atom. The number of benzene rings is 1. The van der Waals surface area contributed by atoms with Crippen LogP contribution in [0.3, 0.4) is 0 Å². The van der Waals surface area contributed by atoms with E-state index in [1.165, 1.54) is 23.1 Å². The fourth-order valence-electron chi connectivity index (χ4n) is 2.01. The summed E-state index contributed by atoms with van der Waals surface area (Å²) in [4.78, 5) is 13.5. The minimum Gasteiger partial charge on any atom is -0.399 e. The van der Waals surface area contributed by atoms with Gasteiger partial charge in [-0.3, -0.25) is 9.79 Å². The van der Waals surface area contributed by atoms with Gasteiger partial charge in [0.15, 0.2) is 0 Å². The monoisotopic (exact) mass is 400 g/mol. The first kappa shape index (κ1) is 31.3. The van der Waals surface area contributed by atoms with E-state index in [1.54, 1.807) is 13.0 Å². The molecule has 0 heterocycles. The number of hydrogen-bond donors (Lipinski definition) is 1. The zero-order chi connectivity index (χ0) is 23.2. The van der Waals surface area contributed by atoms with Crippen molar-refractivity contribution in [1.82, 2.24) is 0 Å². The van der Waals surface area contributed by atoms with Crippen molar-refractivity contribution >= 4 is 18.7 Å². The second-order valence-corrected chi connectivity index (χ2v) is 6.73. The van der Waals surface area contributed by atoms with Crippen molar-refractivity contribution in [3.8, 4) is 0 Å². The summed E-state index contributed by atoms with van der Waals surface area (Å²) in [7, 11) is 0. The maximum atomic E-state index is 9.67. The van der Waals surface area contributed by atoms with Crippen LogP contribution < -0.4 is 5.73 Å². The van der Waals surface area contributed by atoms with Gasteiger partial charge in [0.1, 0.15) is 6.29 Å².